The fraction of sp³-hybridized carbons (Fsp3) is 0.615. The number of piperidine rings is 1. The zero-order valence-corrected chi connectivity index (χ0v) is 12.1. The lowest BCUT2D eigenvalue weighted by Crippen LogP contribution is -2.33. The Morgan fingerprint density at radius 2 is 2.28 bits per heavy atom. The van der Waals surface area contributed by atoms with Crippen LogP contribution in [0, 0.1) is 5.92 Å². The number of rotatable bonds is 4. The molecule has 2 rings (SSSR count). The number of amides is 1. The van der Waals surface area contributed by atoms with Gasteiger partial charge in [0.2, 0.25) is 5.91 Å². The van der Waals surface area contributed by atoms with Crippen molar-refractivity contribution in [1.29, 1.82) is 0 Å². The quantitative estimate of drug-likeness (QED) is 0.893. The van der Waals surface area contributed by atoms with Crippen LogP contribution >= 0.6 is 22.9 Å². The molecule has 0 bridgehead atoms. The van der Waals surface area contributed by atoms with Crippen LogP contribution in [0.4, 0.5) is 0 Å². The first-order valence-electron chi connectivity index (χ1n) is 6.40. The number of thiophene rings is 1. The predicted octanol–water partition coefficient (Wildman–Crippen LogP) is 2.97. The Balaban J connectivity index is 1.79. The SMILES string of the molecule is CC(NC(=O)CC1CCNCC1)c1ccc(Cl)s1. The molecule has 100 valence electrons. The molecule has 1 aliphatic heterocycles. The van der Waals surface area contributed by atoms with Crippen molar-refractivity contribution in [3.8, 4) is 0 Å². The Labute approximate surface area is 117 Å². The minimum Gasteiger partial charge on any atom is -0.349 e. The Kier molecular flexibility index (Phi) is 5.03. The Morgan fingerprint density at radius 3 is 2.89 bits per heavy atom. The van der Waals surface area contributed by atoms with Crippen LogP contribution in [0.15, 0.2) is 12.1 Å². The molecule has 5 heteroatoms. The van der Waals surface area contributed by atoms with Gasteiger partial charge in [-0.3, -0.25) is 4.79 Å². The highest BCUT2D eigenvalue weighted by atomic mass is 35.5. The number of hydrogen-bond acceptors (Lipinski definition) is 3. The monoisotopic (exact) mass is 286 g/mol. The lowest BCUT2D eigenvalue weighted by atomic mass is 9.94. The van der Waals surface area contributed by atoms with Crippen LogP contribution in [-0.4, -0.2) is 19.0 Å². The zero-order chi connectivity index (χ0) is 13.0. The third kappa shape index (κ3) is 3.97. The van der Waals surface area contributed by atoms with Crippen molar-refractivity contribution in [1.82, 2.24) is 10.6 Å². The van der Waals surface area contributed by atoms with Crippen LogP contribution in [0.3, 0.4) is 0 Å². The van der Waals surface area contributed by atoms with Gasteiger partial charge in [-0.2, -0.15) is 0 Å². The van der Waals surface area contributed by atoms with E-state index in [1.54, 1.807) is 0 Å². The van der Waals surface area contributed by atoms with E-state index in [0.717, 1.165) is 35.1 Å². The summed E-state index contributed by atoms with van der Waals surface area (Å²) < 4.78 is 0.768. The van der Waals surface area contributed by atoms with Crippen LogP contribution in [0.5, 0.6) is 0 Å². The number of nitrogens with one attached hydrogen (secondary N) is 2. The predicted molar refractivity (Wildman–Crippen MR) is 76.1 cm³/mol. The summed E-state index contributed by atoms with van der Waals surface area (Å²) in [6, 6.07) is 3.90. The van der Waals surface area contributed by atoms with Crippen molar-refractivity contribution in [2.45, 2.75) is 32.2 Å². The molecule has 18 heavy (non-hydrogen) atoms. The van der Waals surface area contributed by atoms with Gasteiger partial charge in [-0.05, 0) is 50.9 Å². The fourth-order valence-corrected chi connectivity index (χ4v) is 3.34. The fourth-order valence-electron chi connectivity index (χ4n) is 2.28. The molecule has 2 heterocycles. The lowest BCUT2D eigenvalue weighted by molar-refractivity contribution is -0.122. The molecular weight excluding hydrogens is 268 g/mol. The Hall–Kier alpha value is -0.580. The van der Waals surface area contributed by atoms with Crippen molar-refractivity contribution in [2.75, 3.05) is 13.1 Å². The molecule has 0 radical (unpaired) electrons. The van der Waals surface area contributed by atoms with Gasteiger partial charge >= 0.3 is 0 Å². The van der Waals surface area contributed by atoms with Gasteiger partial charge in [-0.25, -0.2) is 0 Å². The van der Waals surface area contributed by atoms with Crippen LogP contribution in [-0.2, 0) is 4.79 Å². The maximum atomic E-state index is 11.9. The van der Waals surface area contributed by atoms with Gasteiger partial charge in [0.05, 0.1) is 10.4 Å². The van der Waals surface area contributed by atoms with E-state index in [1.807, 2.05) is 19.1 Å². The molecule has 1 aromatic heterocycles. The molecule has 3 nitrogen and oxygen atoms in total. The number of carbonyl (C=O) groups is 1. The molecule has 0 spiro atoms. The highest BCUT2D eigenvalue weighted by Crippen LogP contribution is 2.27. The van der Waals surface area contributed by atoms with E-state index in [2.05, 4.69) is 10.6 Å². The van der Waals surface area contributed by atoms with E-state index in [-0.39, 0.29) is 11.9 Å². The van der Waals surface area contributed by atoms with Gasteiger partial charge in [0.1, 0.15) is 0 Å². The van der Waals surface area contributed by atoms with Crippen molar-refractivity contribution in [2.24, 2.45) is 5.92 Å². The van der Waals surface area contributed by atoms with Gasteiger partial charge in [0.15, 0.2) is 0 Å². The summed E-state index contributed by atoms with van der Waals surface area (Å²) in [5, 5.41) is 6.36. The summed E-state index contributed by atoms with van der Waals surface area (Å²) in [5.74, 6) is 0.685. The van der Waals surface area contributed by atoms with Crippen LogP contribution in [0.2, 0.25) is 4.34 Å². The second kappa shape index (κ2) is 6.55. The van der Waals surface area contributed by atoms with Gasteiger partial charge in [0.25, 0.3) is 0 Å². The first kappa shape index (κ1) is 13.8. The van der Waals surface area contributed by atoms with E-state index >= 15 is 0 Å². The molecule has 0 aromatic carbocycles. The summed E-state index contributed by atoms with van der Waals surface area (Å²) in [6.07, 6.45) is 2.85. The maximum Gasteiger partial charge on any atom is 0.220 e. The minimum atomic E-state index is 0.0525. The van der Waals surface area contributed by atoms with Crippen molar-refractivity contribution < 1.29 is 4.79 Å². The Bertz CT molecular complexity index is 401. The summed E-state index contributed by atoms with van der Waals surface area (Å²) in [6.45, 7) is 4.07. The molecule has 1 atom stereocenters. The molecule has 1 aromatic rings. The van der Waals surface area contributed by atoms with Gasteiger partial charge < -0.3 is 10.6 Å². The van der Waals surface area contributed by atoms with E-state index in [9.17, 15) is 4.79 Å². The molecule has 1 amide bonds. The van der Waals surface area contributed by atoms with E-state index in [4.69, 9.17) is 11.6 Å². The Morgan fingerprint density at radius 1 is 1.56 bits per heavy atom. The third-order valence-electron chi connectivity index (χ3n) is 3.33. The summed E-state index contributed by atoms with van der Waals surface area (Å²) in [5.41, 5.74) is 0. The van der Waals surface area contributed by atoms with Crippen LogP contribution < -0.4 is 10.6 Å². The largest absolute Gasteiger partial charge is 0.349 e. The van der Waals surface area contributed by atoms with E-state index < -0.39 is 0 Å². The number of carbonyl (C=O) groups excluding carboxylic acids is 1. The highest BCUT2D eigenvalue weighted by molar-refractivity contribution is 7.16. The summed E-state index contributed by atoms with van der Waals surface area (Å²) in [4.78, 5) is 13.1. The molecule has 1 aliphatic rings. The second-order valence-electron chi connectivity index (χ2n) is 4.83. The normalized spacial score (nSPS) is 18.6. The maximum absolute atomic E-state index is 11.9. The topological polar surface area (TPSA) is 41.1 Å². The standard InChI is InChI=1S/C13H19ClN2OS/c1-9(11-2-3-12(14)18-11)16-13(17)8-10-4-6-15-7-5-10/h2-3,9-10,15H,4-8H2,1H3,(H,16,17). The van der Waals surface area contributed by atoms with Gasteiger partial charge in [0, 0.05) is 11.3 Å². The van der Waals surface area contributed by atoms with Crippen molar-refractivity contribution >= 4 is 28.8 Å². The average molecular weight is 287 g/mol. The first-order chi connectivity index (χ1) is 8.65. The average Bonchev–Trinajstić information content (AvgIpc) is 2.77. The second-order valence-corrected chi connectivity index (χ2v) is 6.58. The summed E-state index contributed by atoms with van der Waals surface area (Å²) >= 11 is 7.42. The van der Waals surface area contributed by atoms with Crippen molar-refractivity contribution in [3.05, 3.63) is 21.3 Å². The third-order valence-corrected chi connectivity index (χ3v) is 4.74. The minimum absolute atomic E-state index is 0.0525. The molecule has 1 saturated heterocycles. The summed E-state index contributed by atoms with van der Waals surface area (Å²) in [7, 11) is 0. The van der Waals surface area contributed by atoms with E-state index in [0.29, 0.717) is 12.3 Å². The molecule has 1 unspecified atom stereocenters. The molecule has 2 N–H and O–H groups in total. The molecule has 0 saturated carbocycles. The molecular formula is C13H19ClN2OS. The van der Waals surface area contributed by atoms with Crippen LogP contribution in [0.1, 0.15) is 37.1 Å². The number of hydrogen-bond donors (Lipinski definition) is 2. The molecule has 1 fully saturated rings. The lowest BCUT2D eigenvalue weighted by Gasteiger charge is -2.22. The van der Waals surface area contributed by atoms with Crippen molar-refractivity contribution in [3.63, 3.8) is 0 Å². The van der Waals surface area contributed by atoms with Gasteiger partial charge in [-0.1, -0.05) is 11.6 Å². The highest BCUT2D eigenvalue weighted by Gasteiger charge is 2.18. The number of halogens is 1. The zero-order valence-electron chi connectivity index (χ0n) is 10.5. The van der Waals surface area contributed by atoms with Crippen LogP contribution in [0.25, 0.3) is 0 Å². The van der Waals surface area contributed by atoms with E-state index in [1.165, 1.54) is 11.3 Å². The molecule has 0 aliphatic carbocycles. The van der Waals surface area contributed by atoms with Gasteiger partial charge in [-0.15, -0.1) is 11.3 Å². The first-order valence-corrected chi connectivity index (χ1v) is 7.60. The smallest absolute Gasteiger partial charge is 0.220 e.